The zero-order valence-electron chi connectivity index (χ0n) is 17.9. The summed E-state index contributed by atoms with van der Waals surface area (Å²) >= 11 is 0. The Morgan fingerprint density at radius 2 is 0.885 bits per heavy atom. The molecule has 0 saturated carbocycles. The fourth-order valence-corrected chi connectivity index (χ4v) is 2.62. The van der Waals surface area contributed by atoms with Gasteiger partial charge in [0.2, 0.25) is 0 Å². The second kappa shape index (κ2) is 21.1. The van der Waals surface area contributed by atoms with E-state index in [1.165, 1.54) is 0 Å². The highest BCUT2D eigenvalue weighted by Crippen LogP contribution is 2.12. The molecular weight excluding hydrogens is 336 g/mol. The minimum atomic E-state index is -0.347. The average Bonchev–Trinajstić information content (AvgIpc) is 2.63. The first-order valence-electron chi connectivity index (χ1n) is 10.1. The topological polar surface area (TPSA) is 77.4 Å². The van der Waals surface area contributed by atoms with Gasteiger partial charge in [-0.3, -0.25) is 0 Å². The van der Waals surface area contributed by atoms with Gasteiger partial charge < -0.3 is 29.2 Å². The molecular formula is C20H44O6. The van der Waals surface area contributed by atoms with Gasteiger partial charge in [-0.2, -0.15) is 0 Å². The van der Waals surface area contributed by atoms with Crippen molar-refractivity contribution < 1.29 is 29.2 Å². The largest absolute Gasteiger partial charge is 0.390 e. The molecule has 0 heterocycles. The number of rotatable bonds is 16. The van der Waals surface area contributed by atoms with Gasteiger partial charge in [-0.15, -0.1) is 0 Å². The predicted molar refractivity (Wildman–Crippen MR) is 105 cm³/mol. The summed E-state index contributed by atoms with van der Waals surface area (Å²) in [6, 6.07) is 0. The summed E-state index contributed by atoms with van der Waals surface area (Å²) < 4.78 is 20.4. The lowest BCUT2D eigenvalue weighted by Gasteiger charge is -2.22. The Labute approximate surface area is 161 Å². The summed E-state index contributed by atoms with van der Waals surface area (Å²) in [5.41, 5.74) is 0. The Morgan fingerprint density at radius 3 is 1.12 bits per heavy atom. The molecule has 0 rings (SSSR count). The third-order valence-electron chi connectivity index (χ3n) is 3.97. The zero-order chi connectivity index (χ0) is 20.2. The summed E-state index contributed by atoms with van der Waals surface area (Å²) in [5, 5.41) is 19.4. The van der Waals surface area contributed by atoms with Crippen LogP contribution < -0.4 is 0 Å². The molecule has 0 fully saturated rings. The number of hydrogen-bond donors (Lipinski definition) is 2. The lowest BCUT2D eigenvalue weighted by molar-refractivity contribution is -0.116. The van der Waals surface area contributed by atoms with Crippen molar-refractivity contribution in [3.8, 4) is 0 Å². The molecule has 0 radical (unpaired) electrons. The molecule has 0 aromatic carbocycles. The van der Waals surface area contributed by atoms with Crippen LogP contribution in [0.2, 0.25) is 0 Å². The molecule has 0 aromatic rings. The summed E-state index contributed by atoms with van der Waals surface area (Å²) in [4.78, 5) is 0. The lowest BCUT2D eigenvalue weighted by Crippen LogP contribution is -2.29. The molecule has 0 unspecified atom stereocenters. The van der Waals surface area contributed by atoms with E-state index in [0.717, 1.165) is 51.4 Å². The van der Waals surface area contributed by atoms with Gasteiger partial charge >= 0.3 is 0 Å². The second-order valence-corrected chi connectivity index (χ2v) is 6.51. The number of hydrogen-bond acceptors (Lipinski definition) is 6. The summed E-state index contributed by atoms with van der Waals surface area (Å²) in [7, 11) is 3.18. The predicted octanol–water partition coefficient (Wildman–Crippen LogP) is 3.87. The van der Waals surface area contributed by atoms with Crippen molar-refractivity contribution in [2.45, 2.75) is 103 Å². The summed E-state index contributed by atoms with van der Waals surface area (Å²) in [6.07, 6.45) is 6.58. The van der Waals surface area contributed by atoms with E-state index in [0.29, 0.717) is 0 Å². The van der Waals surface area contributed by atoms with E-state index < -0.39 is 0 Å². The molecule has 6 heteroatoms. The van der Waals surface area contributed by atoms with Crippen molar-refractivity contribution in [2.75, 3.05) is 27.8 Å². The first-order chi connectivity index (χ1) is 12.5. The van der Waals surface area contributed by atoms with Crippen molar-refractivity contribution in [1.82, 2.24) is 0 Å². The highest BCUT2D eigenvalue weighted by atomic mass is 16.7. The molecule has 2 N–H and O–H groups in total. The molecule has 0 bridgehead atoms. The van der Waals surface area contributed by atoms with Gasteiger partial charge in [-0.25, -0.2) is 0 Å². The highest BCUT2D eigenvalue weighted by molar-refractivity contribution is 4.68. The number of aliphatic hydroxyl groups is 2. The van der Waals surface area contributed by atoms with E-state index in [2.05, 4.69) is 27.7 Å². The van der Waals surface area contributed by atoms with Crippen molar-refractivity contribution in [1.29, 1.82) is 0 Å². The Hall–Kier alpha value is -0.240. The van der Waals surface area contributed by atoms with E-state index in [-0.39, 0.29) is 38.0 Å². The van der Waals surface area contributed by atoms with E-state index in [4.69, 9.17) is 18.9 Å². The van der Waals surface area contributed by atoms with Crippen LogP contribution in [0.3, 0.4) is 0 Å². The fourth-order valence-electron chi connectivity index (χ4n) is 2.62. The van der Waals surface area contributed by atoms with Crippen LogP contribution >= 0.6 is 0 Å². The van der Waals surface area contributed by atoms with Crippen LogP contribution in [0, 0.1) is 0 Å². The zero-order valence-corrected chi connectivity index (χ0v) is 17.9. The van der Waals surface area contributed by atoms with E-state index in [9.17, 15) is 10.2 Å². The van der Waals surface area contributed by atoms with Gasteiger partial charge in [0.15, 0.2) is 0 Å². The van der Waals surface area contributed by atoms with Crippen LogP contribution in [0.25, 0.3) is 0 Å². The fraction of sp³-hybridized carbons (Fsp3) is 1.00. The molecule has 0 amide bonds. The normalized spacial score (nSPS) is 15.7. The number of methoxy groups -OCH3 is 2. The van der Waals surface area contributed by atoms with Crippen molar-refractivity contribution in [3.63, 3.8) is 0 Å². The third kappa shape index (κ3) is 16.0. The maximum Gasteiger partial charge on any atom is 0.146 e. The van der Waals surface area contributed by atoms with Gasteiger partial charge in [0.1, 0.15) is 13.6 Å². The lowest BCUT2D eigenvalue weighted by atomic mass is 10.0. The monoisotopic (exact) mass is 380 g/mol. The standard InChI is InChI=1S/2C10H22O3/c2*1-4-6-9(11)10(7-5-2)13-8-12-3/h2*9-11H,4-8H2,1-3H3/t9-,10+;9-,10-/m01/s1. The second-order valence-electron chi connectivity index (χ2n) is 6.51. The summed E-state index contributed by atoms with van der Waals surface area (Å²) in [5.74, 6) is 0. The van der Waals surface area contributed by atoms with Crippen LogP contribution in [0.1, 0.15) is 79.1 Å². The van der Waals surface area contributed by atoms with Gasteiger partial charge in [0, 0.05) is 14.2 Å². The first-order valence-corrected chi connectivity index (χ1v) is 10.1. The Balaban J connectivity index is 0. The van der Waals surface area contributed by atoms with Gasteiger partial charge in [-0.05, 0) is 25.7 Å². The van der Waals surface area contributed by atoms with Crippen LogP contribution in [-0.2, 0) is 18.9 Å². The Kier molecular flexibility index (Phi) is 22.7. The molecule has 0 aromatic heterocycles. The van der Waals surface area contributed by atoms with E-state index >= 15 is 0 Å². The molecule has 0 aliphatic carbocycles. The Morgan fingerprint density at radius 1 is 0.577 bits per heavy atom. The van der Waals surface area contributed by atoms with E-state index in [1.54, 1.807) is 14.2 Å². The number of ether oxygens (including phenoxy) is 4. The van der Waals surface area contributed by atoms with Crippen LogP contribution in [0.5, 0.6) is 0 Å². The third-order valence-corrected chi connectivity index (χ3v) is 3.97. The van der Waals surface area contributed by atoms with Crippen molar-refractivity contribution in [3.05, 3.63) is 0 Å². The van der Waals surface area contributed by atoms with Gasteiger partial charge in [0.25, 0.3) is 0 Å². The van der Waals surface area contributed by atoms with Crippen molar-refractivity contribution >= 4 is 0 Å². The minimum Gasteiger partial charge on any atom is -0.390 e. The number of aliphatic hydroxyl groups excluding tert-OH is 2. The van der Waals surface area contributed by atoms with Crippen LogP contribution in [0.4, 0.5) is 0 Å². The highest BCUT2D eigenvalue weighted by Gasteiger charge is 2.18. The minimum absolute atomic E-state index is 0.0649. The Bertz CT molecular complexity index is 239. The van der Waals surface area contributed by atoms with Crippen LogP contribution in [-0.4, -0.2) is 62.4 Å². The quantitative estimate of drug-likeness (QED) is 0.396. The molecule has 6 nitrogen and oxygen atoms in total. The molecule has 26 heavy (non-hydrogen) atoms. The van der Waals surface area contributed by atoms with E-state index in [1.807, 2.05) is 0 Å². The molecule has 0 aliphatic rings. The molecule has 4 atom stereocenters. The molecule has 160 valence electrons. The maximum absolute atomic E-state index is 9.69. The first kappa shape index (κ1) is 28.0. The van der Waals surface area contributed by atoms with Gasteiger partial charge in [0.05, 0.1) is 24.4 Å². The molecule has 0 aliphatic heterocycles. The average molecular weight is 381 g/mol. The maximum atomic E-state index is 9.69. The SMILES string of the molecule is CCC[C@@H](O)[C@@H](CCC)OCOC.CCC[C@H](O)[C@@H](CCC)OCOC. The summed E-state index contributed by atoms with van der Waals surface area (Å²) in [6.45, 7) is 8.83. The van der Waals surface area contributed by atoms with Gasteiger partial charge in [-0.1, -0.05) is 53.4 Å². The molecule has 0 saturated heterocycles. The van der Waals surface area contributed by atoms with Crippen LogP contribution in [0.15, 0.2) is 0 Å². The molecule has 0 spiro atoms. The van der Waals surface area contributed by atoms with Crippen molar-refractivity contribution in [2.24, 2.45) is 0 Å². The smallest absolute Gasteiger partial charge is 0.146 e.